The molecule has 0 saturated carbocycles. The predicted molar refractivity (Wildman–Crippen MR) is 86.5 cm³/mol. The molecule has 24 heavy (non-hydrogen) atoms. The molecule has 1 aromatic heterocycles. The molecule has 0 aliphatic carbocycles. The van der Waals surface area contributed by atoms with Crippen LogP contribution >= 0.6 is 0 Å². The molecule has 0 saturated heterocycles. The fourth-order valence-corrected chi connectivity index (χ4v) is 2.65. The number of hydrogen-bond acceptors (Lipinski definition) is 6. The Bertz CT molecular complexity index is 878. The third kappa shape index (κ3) is 2.56. The summed E-state index contributed by atoms with van der Waals surface area (Å²) in [6, 6.07) is 4.57. The molecule has 2 heterocycles. The van der Waals surface area contributed by atoms with Crippen molar-refractivity contribution in [1.82, 2.24) is 0 Å². The van der Waals surface area contributed by atoms with Gasteiger partial charge >= 0.3 is 5.97 Å². The van der Waals surface area contributed by atoms with Gasteiger partial charge in [-0.3, -0.25) is 4.79 Å². The van der Waals surface area contributed by atoms with E-state index in [1.807, 2.05) is 6.92 Å². The zero-order valence-electron chi connectivity index (χ0n) is 13.5. The summed E-state index contributed by atoms with van der Waals surface area (Å²) < 4.78 is 21.3. The number of rotatable bonds is 4. The highest BCUT2D eigenvalue weighted by atomic mass is 16.6. The second-order valence-corrected chi connectivity index (χ2v) is 5.18. The lowest BCUT2D eigenvalue weighted by Gasteiger charge is -2.13. The Hall–Kier alpha value is -3.02. The van der Waals surface area contributed by atoms with E-state index in [4.69, 9.17) is 18.6 Å². The lowest BCUT2D eigenvalue weighted by Crippen LogP contribution is -2.14. The topological polar surface area (TPSA) is 75.0 Å². The monoisotopic (exact) mass is 328 g/mol. The van der Waals surface area contributed by atoms with Crippen LogP contribution in [0.1, 0.15) is 40.3 Å². The van der Waals surface area contributed by atoms with E-state index < -0.39 is 12.1 Å². The average Bonchev–Trinajstić information content (AvgIpc) is 2.91. The summed E-state index contributed by atoms with van der Waals surface area (Å²) >= 11 is 0. The van der Waals surface area contributed by atoms with E-state index in [1.165, 1.54) is 26.5 Å². The van der Waals surface area contributed by atoms with Crippen molar-refractivity contribution in [3.63, 3.8) is 0 Å². The first-order chi connectivity index (χ1) is 11.6. The van der Waals surface area contributed by atoms with E-state index in [2.05, 4.69) is 0 Å². The minimum atomic E-state index is -0.871. The Balaban J connectivity index is 2.14. The molecule has 3 rings (SSSR count). The third-order valence-electron chi connectivity index (χ3n) is 3.77. The Kier molecular flexibility index (Phi) is 4.12. The summed E-state index contributed by atoms with van der Waals surface area (Å²) in [6.07, 6.45) is 3.88. The summed E-state index contributed by atoms with van der Waals surface area (Å²) in [6.45, 7) is 1.82. The zero-order valence-corrected chi connectivity index (χ0v) is 13.5. The number of allylic oxidation sites excluding steroid dienone is 1. The van der Waals surface area contributed by atoms with Crippen LogP contribution in [0.5, 0.6) is 11.5 Å². The number of esters is 1. The van der Waals surface area contributed by atoms with Crippen LogP contribution in [0.25, 0.3) is 6.08 Å². The van der Waals surface area contributed by atoms with Crippen molar-refractivity contribution < 1.29 is 23.4 Å². The summed E-state index contributed by atoms with van der Waals surface area (Å²) in [5, 5.41) is 0. The Morgan fingerprint density at radius 1 is 1.12 bits per heavy atom. The summed E-state index contributed by atoms with van der Waals surface area (Å²) in [4.78, 5) is 24.6. The maximum atomic E-state index is 12.4. The minimum Gasteiger partial charge on any atom is -0.497 e. The van der Waals surface area contributed by atoms with Crippen molar-refractivity contribution in [3.05, 3.63) is 63.2 Å². The Labute approximate surface area is 138 Å². The van der Waals surface area contributed by atoms with E-state index >= 15 is 0 Å². The highest BCUT2D eigenvalue weighted by Gasteiger charge is 2.37. The van der Waals surface area contributed by atoms with Crippen molar-refractivity contribution >= 4 is 12.0 Å². The Morgan fingerprint density at radius 2 is 1.92 bits per heavy atom. The molecule has 6 heteroatoms. The maximum Gasteiger partial charge on any atom is 0.339 e. The molecular weight excluding hydrogens is 312 g/mol. The van der Waals surface area contributed by atoms with Gasteiger partial charge in [-0.15, -0.1) is 0 Å². The molecule has 1 aliphatic rings. The van der Waals surface area contributed by atoms with Crippen LogP contribution in [0.15, 0.2) is 39.7 Å². The molecule has 0 N–H and O–H groups in total. The number of carbonyl (C=O) groups excluding carboxylic acids is 1. The first-order valence-electron chi connectivity index (χ1n) is 7.31. The largest absolute Gasteiger partial charge is 0.497 e. The molecule has 0 radical (unpaired) electrons. The second kappa shape index (κ2) is 6.23. The van der Waals surface area contributed by atoms with Gasteiger partial charge in [0.25, 0.3) is 0 Å². The zero-order chi connectivity index (χ0) is 17.3. The number of hydrogen-bond donors (Lipinski definition) is 0. The lowest BCUT2D eigenvalue weighted by molar-refractivity contribution is 0.0450. The smallest absolute Gasteiger partial charge is 0.339 e. The molecule has 0 fully saturated rings. The number of ether oxygens (including phenoxy) is 3. The van der Waals surface area contributed by atoms with E-state index in [1.54, 1.807) is 24.3 Å². The van der Waals surface area contributed by atoms with Gasteiger partial charge in [0.15, 0.2) is 11.5 Å². The van der Waals surface area contributed by atoms with Crippen LogP contribution in [0, 0.1) is 0 Å². The minimum absolute atomic E-state index is 0.235. The number of cyclic esters (lactones) is 1. The van der Waals surface area contributed by atoms with Gasteiger partial charge in [-0.25, -0.2) is 4.79 Å². The quantitative estimate of drug-likeness (QED) is 0.803. The number of carbonyl (C=O) groups is 1. The molecular formula is C18H16O6. The maximum absolute atomic E-state index is 12.4. The van der Waals surface area contributed by atoms with Gasteiger partial charge in [0.2, 0.25) is 0 Å². The molecule has 2 aromatic rings. The number of benzene rings is 1. The fourth-order valence-electron chi connectivity index (χ4n) is 2.65. The standard InChI is InChI=1S/C18H16O6/c1-4-5-10-7-14(19)13(9-23-10)17-16-12(18(20)24-17)6-11(21-2)8-15(16)22-3/h4-9,17H,1-3H3/t17-/m1/s1. The van der Waals surface area contributed by atoms with Gasteiger partial charge in [-0.2, -0.15) is 0 Å². The van der Waals surface area contributed by atoms with Crippen molar-refractivity contribution in [3.8, 4) is 11.5 Å². The summed E-state index contributed by atoms with van der Waals surface area (Å²) in [5.41, 5.74) is 0.763. The highest BCUT2D eigenvalue weighted by Crippen LogP contribution is 2.42. The molecule has 0 unspecified atom stereocenters. The van der Waals surface area contributed by atoms with Gasteiger partial charge < -0.3 is 18.6 Å². The van der Waals surface area contributed by atoms with Crippen LogP contribution < -0.4 is 14.9 Å². The third-order valence-corrected chi connectivity index (χ3v) is 3.77. The molecule has 0 bridgehead atoms. The van der Waals surface area contributed by atoms with Gasteiger partial charge in [0, 0.05) is 12.1 Å². The van der Waals surface area contributed by atoms with Crippen LogP contribution in [0.4, 0.5) is 0 Å². The molecule has 1 atom stereocenters. The number of methoxy groups -OCH3 is 2. The normalized spacial score (nSPS) is 16.1. The highest BCUT2D eigenvalue weighted by molar-refractivity contribution is 5.96. The van der Waals surface area contributed by atoms with E-state index in [-0.39, 0.29) is 11.0 Å². The van der Waals surface area contributed by atoms with Crippen molar-refractivity contribution in [1.29, 1.82) is 0 Å². The van der Waals surface area contributed by atoms with E-state index in [9.17, 15) is 9.59 Å². The van der Waals surface area contributed by atoms with Gasteiger partial charge in [-0.1, -0.05) is 6.08 Å². The van der Waals surface area contributed by atoms with Gasteiger partial charge in [0.05, 0.1) is 30.9 Å². The summed E-state index contributed by atoms with van der Waals surface area (Å²) in [7, 11) is 2.97. The van der Waals surface area contributed by atoms with Crippen LogP contribution in [0.3, 0.4) is 0 Å². The molecule has 124 valence electrons. The molecule has 6 nitrogen and oxygen atoms in total. The Morgan fingerprint density at radius 3 is 2.54 bits per heavy atom. The predicted octanol–water partition coefficient (Wildman–Crippen LogP) is 2.95. The summed E-state index contributed by atoms with van der Waals surface area (Å²) in [5.74, 6) is 0.775. The van der Waals surface area contributed by atoms with Gasteiger partial charge in [0.1, 0.15) is 23.5 Å². The molecule has 0 amide bonds. The fraction of sp³-hybridized carbons (Fsp3) is 0.222. The van der Waals surface area contributed by atoms with Crippen molar-refractivity contribution in [2.24, 2.45) is 0 Å². The van der Waals surface area contributed by atoms with Crippen molar-refractivity contribution in [2.75, 3.05) is 14.2 Å². The van der Waals surface area contributed by atoms with Crippen LogP contribution in [0.2, 0.25) is 0 Å². The first kappa shape index (κ1) is 15.9. The van der Waals surface area contributed by atoms with Crippen LogP contribution in [-0.2, 0) is 4.74 Å². The van der Waals surface area contributed by atoms with E-state index in [0.717, 1.165) is 0 Å². The number of fused-ring (bicyclic) bond motifs is 1. The lowest BCUT2D eigenvalue weighted by atomic mass is 9.98. The second-order valence-electron chi connectivity index (χ2n) is 5.18. The van der Waals surface area contributed by atoms with Gasteiger partial charge in [-0.05, 0) is 19.1 Å². The van der Waals surface area contributed by atoms with Crippen molar-refractivity contribution in [2.45, 2.75) is 13.0 Å². The SMILES string of the molecule is CC=Cc1cc(=O)c([C@H]2OC(=O)c3cc(OC)cc(OC)c32)co1. The average molecular weight is 328 g/mol. The molecule has 1 aromatic carbocycles. The van der Waals surface area contributed by atoms with E-state index in [0.29, 0.717) is 28.4 Å². The molecule has 1 aliphatic heterocycles. The first-order valence-corrected chi connectivity index (χ1v) is 7.31. The molecule has 0 spiro atoms. The van der Waals surface area contributed by atoms with Crippen LogP contribution in [-0.4, -0.2) is 20.2 Å².